The molecule has 50 heavy (non-hydrogen) atoms. The lowest BCUT2D eigenvalue weighted by Gasteiger charge is -2.39. The van der Waals surface area contributed by atoms with Gasteiger partial charge in [-0.15, -0.1) is 0 Å². The minimum Gasteiger partial charge on any atom is -0.496 e. The smallest absolute Gasteiger partial charge is 0.230 e. The molecule has 2 heterocycles. The van der Waals surface area contributed by atoms with Crippen LogP contribution in [0.25, 0.3) is 0 Å². The topological polar surface area (TPSA) is 67.9 Å². The third-order valence-corrected chi connectivity index (χ3v) is 9.18. The van der Waals surface area contributed by atoms with Crippen LogP contribution in [0.1, 0.15) is 33.4 Å². The fraction of sp³-hybridized carbons (Fsp3) is 0.0909. The van der Waals surface area contributed by atoms with Crippen molar-refractivity contribution in [3.8, 4) is 11.5 Å². The van der Waals surface area contributed by atoms with Crippen LogP contribution in [0.15, 0.2) is 190 Å². The van der Waals surface area contributed by atoms with Crippen LogP contribution in [0.3, 0.4) is 0 Å². The number of ether oxygens (including phenoxy) is 2. The van der Waals surface area contributed by atoms with Crippen molar-refractivity contribution in [2.45, 2.75) is 11.3 Å². The van der Waals surface area contributed by atoms with Gasteiger partial charge in [0.25, 0.3) is 0 Å². The fourth-order valence-corrected chi connectivity index (χ4v) is 6.89. The predicted molar refractivity (Wildman–Crippen MR) is 201 cm³/mol. The quantitative estimate of drug-likeness (QED) is 0.157. The van der Waals surface area contributed by atoms with Crippen molar-refractivity contribution in [1.82, 2.24) is 0 Å². The maximum absolute atomic E-state index is 6.12. The highest BCUT2D eigenvalue weighted by atomic mass is 16.5. The van der Waals surface area contributed by atoms with Gasteiger partial charge in [-0.05, 0) is 12.1 Å². The Kier molecular flexibility index (Phi) is 7.97. The number of benzene rings is 6. The first kappa shape index (κ1) is 30.9. The SMILES string of the molecule is COc1ccccc1C1(C2(c3ccccc3OC)N=C(c3ccccc3)C(c3ccccc3)=N2)N=C(c2ccccc2)C(c2ccccc2)=N1. The van der Waals surface area contributed by atoms with Crippen LogP contribution in [-0.4, -0.2) is 37.1 Å². The van der Waals surface area contributed by atoms with Crippen molar-refractivity contribution in [2.24, 2.45) is 20.0 Å². The van der Waals surface area contributed by atoms with Crippen LogP contribution in [0.2, 0.25) is 0 Å². The van der Waals surface area contributed by atoms with Crippen molar-refractivity contribution in [3.63, 3.8) is 0 Å². The summed E-state index contributed by atoms with van der Waals surface area (Å²) in [6.45, 7) is 0. The number of rotatable bonds is 9. The summed E-state index contributed by atoms with van der Waals surface area (Å²) in [6.07, 6.45) is 0. The molecule has 2 aliphatic rings. The molecule has 0 N–H and O–H groups in total. The van der Waals surface area contributed by atoms with Crippen molar-refractivity contribution in [2.75, 3.05) is 14.2 Å². The Labute approximate surface area is 291 Å². The highest BCUT2D eigenvalue weighted by Crippen LogP contribution is 2.57. The lowest BCUT2D eigenvalue weighted by molar-refractivity contribution is 0.240. The van der Waals surface area contributed by atoms with Gasteiger partial charge in [0.05, 0.1) is 37.1 Å². The molecule has 0 fully saturated rings. The van der Waals surface area contributed by atoms with Crippen molar-refractivity contribution in [1.29, 1.82) is 0 Å². The first-order chi connectivity index (χ1) is 24.7. The number of hydrogen-bond acceptors (Lipinski definition) is 6. The maximum Gasteiger partial charge on any atom is 0.230 e. The normalized spacial score (nSPS) is 15.8. The molecule has 6 aromatic carbocycles. The van der Waals surface area contributed by atoms with Crippen LogP contribution in [0.4, 0.5) is 0 Å². The Morgan fingerprint density at radius 2 is 0.560 bits per heavy atom. The highest BCUT2D eigenvalue weighted by Gasteiger charge is 2.62. The van der Waals surface area contributed by atoms with Gasteiger partial charge in [-0.3, -0.25) is 0 Å². The molecular weight excluding hydrogens is 617 g/mol. The van der Waals surface area contributed by atoms with E-state index in [2.05, 4.69) is 48.5 Å². The Morgan fingerprint density at radius 1 is 0.320 bits per heavy atom. The number of para-hydroxylation sites is 2. The van der Waals surface area contributed by atoms with Gasteiger partial charge in [0, 0.05) is 33.4 Å². The first-order valence-corrected chi connectivity index (χ1v) is 16.6. The highest BCUT2D eigenvalue weighted by molar-refractivity contribution is 6.55. The van der Waals surface area contributed by atoms with Crippen LogP contribution >= 0.6 is 0 Å². The average Bonchev–Trinajstić information content (AvgIpc) is 3.82. The number of nitrogens with zero attached hydrogens (tertiary/aromatic N) is 4. The van der Waals surface area contributed by atoms with E-state index in [0.717, 1.165) is 56.2 Å². The molecule has 2 aliphatic heterocycles. The summed E-state index contributed by atoms with van der Waals surface area (Å²) in [7, 11) is 3.35. The van der Waals surface area contributed by atoms with Gasteiger partial charge in [-0.1, -0.05) is 158 Å². The summed E-state index contributed by atoms with van der Waals surface area (Å²) in [5, 5.41) is 0. The molecule has 6 heteroatoms. The van der Waals surface area contributed by atoms with Crippen molar-refractivity contribution < 1.29 is 9.47 Å². The van der Waals surface area contributed by atoms with Crippen LogP contribution in [0, 0.1) is 0 Å². The molecule has 242 valence electrons. The first-order valence-electron chi connectivity index (χ1n) is 16.6. The zero-order valence-electron chi connectivity index (χ0n) is 27.8. The van der Waals surface area contributed by atoms with Gasteiger partial charge in [0.2, 0.25) is 11.3 Å². The molecule has 8 rings (SSSR count). The number of methoxy groups -OCH3 is 2. The Hall–Kier alpha value is -6.40. The van der Waals surface area contributed by atoms with E-state index >= 15 is 0 Å². The van der Waals surface area contributed by atoms with Crippen molar-refractivity contribution in [3.05, 3.63) is 203 Å². The molecule has 0 saturated carbocycles. The van der Waals surface area contributed by atoms with E-state index in [9.17, 15) is 0 Å². The summed E-state index contributed by atoms with van der Waals surface area (Å²) in [5.74, 6) is 1.24. The van der Waals surface area contributed by atoms with Gasteiger partial charge >= 0.3 is 0 Å². The molecule has 6 nitrogen and oxygen atoms in total. The number of aliphatic imine (C=N–C) groups is 4. The molecule has 0 bridgehead atoms. The third kappa shape index (κ3) is 5.04. The number of hydrogen-bond donors (Lipinski definition) is 0. The van der Waals surface area contributed by atoms with E-state index in [1.54, 1.807) is 14.2 Å². The summed E-state index contributed by atoms with van der Waals surface area (Å²) >= 11 is 0. The Balaban J connectivity index is 1.57. The lowest BCUT2D eigenvalue weighted by Crippen LogP contribution is -2.43. The fourth-order valence-electron chi connectivity index (χ4n) is 6.89. The van der Waals surface area contributed by atoms with Gasteiger partial charge in [0.15, 0.2) is 0 Å². The van der Waals surface area contributed by atoms with Gasteiger partial charge < -0.3 is 9.47 Å². The minimum atomic E-state index is -1.48. The monoisotopic (exact) mass is 650 g/mol. The summed E-state index contributed by atoms with van der Waals surface area (Å²) in [6, 6.07) is 56.5. The van der Waals surface area contributed by atoms with Gasteiger partial charge in [0.1, 0.15) is 11.5 Å². The van der Waals surface area contributed by atoms with Gasteiger partial charge in [-0.2, -0.15) is 0 Å². The molecule has 0 saturated heterocycles. The van der Waals surface area contributed by atoms with Crippen LogP contribution in [0.5, 0.6) is 11.5 Å². The molecule has 0 atom stereocenters. The zero-order valence-corrected chi connectivity index (χ0v) is 27.8. The molecule has 6 aromatic rings. The average molecular weight is 651 g/mol. The standard InChI is InChI=1S/C44H34N4O2/c1-49-37-29-17-15-27-35(37)43(45-39(31-19-7-3-8-20-31)40(46-43)32-21-9-4-10-22-32)44(36-28-16-18-30-38(36)50-2)47-41(33-23-11-5-12-24-33)42(48-44)34-25-13-6-14-26-34/h3-30H,1-2H3. The second-order valence-corrected chi connectivity index (χ2v) is 12.1. The van der Waals surface area contributed by atoms with E-state index in [1.165, 1.54) is 0 Å². The minimum absolute atomic E-state index is 0.621. The Bertz CT molecular complexity index is 2000. The third-order valence-electron chi connectivity index (χ3n) is 9.18. The molecular formula is C44H34N4O2. The zero-order chi connectivity index (χ0) is 34.0. The second-order valence-electron chi connectivity index (χ2n) is 12.1. The van der Waals surface area contributed by atoms with Crippen LogP contribution < -0.4 is 9.47 Å². The van der Waals surface area contributed by atoms with E-state index in [0.29, 0.717) is 11.5 Å². The molecule has 0 aromatic heterocycles. The van der Waals surface area contributed by atoms with E-state index in [1.807, 2.05) is 121 Å². The van der Waals surface area contributed by atoms with E-state index in [4.69, 9.17) is 29.4 Å². The van der Waals surface area contributed by atoms with Crippen molar-refractivity contribution >= 4 is 22.8 Å². The summed E-state index contributed by atoms with van der Waals surface area (Å²) < 4.78 is 12.2. The van der Waals surface area contributed by atoms with E-state index < -0.39 is 11.3 Å². The predicted octanol–water partition coefficient (Wildman–Crippen LogP) is 8.69. The summed E-state index contributed by atoms with van der Waals surface area (Å²) in [4.78, 5) is 23.0. The molecule has 0 amide bonds. The van der Waals surface area contributed by atoms with E-state index in [-0.39, 0.29) is 0 Å². The largest absolute Gasteiger partial charge is 0.496 e. The summed E-state index contributed by atoms with van der Waals surface area (Å²) in [5.41, 5.74) is 5.13. The van der Waals surface area contributed by atoms with Crippen LogP contribution in [-0.2, 0) is 11.3 Å². The molecule has 0 spiro atoms. The van der Waals surface area contributed by atoms with Gasteiger partial charge in [-0.25, -0.2) is 20.0 Å². The second kappa shape index (κ2) is 12.9. The lowest BCUT2D eigenvalue weighted by atomic mass is 9.81. The molecule has 0 radical (unpaired) electrons. The molecule has 0 aliphatic carbocycles. The Morgan fingerprint density at radius 3 is 0.820 bits per heavy atom. The molecule has 0 unspecified atom stereocenters. The maximum atomic E-state index is 6.12.